The summed E-state index contributed by atoms with van der Waals surface area (Å²) in [6.45, 7) is 5.01. The maximum absolute atomic E-state index is 5.81. The van der Waals surface area contributed by atoms with E-state index in [9.17, 15) is 0 Å². The van der Waals surface area contributed by atoms with Crippen molar-refractivity contribution in [2.45, 2.75) is 58.3 Å². The third-order valence-electron chi connectivity index (χ3n) is 6.40. The van der Waals surface area contributed by atoms with E-state index in [4.69, 9.17) is 4.74 Å². The highest BCUT2D eigenvalue weighted by atomic mass is 16.5. The van der Waals surface area contributed by atoms with Crippen LogP contribution >= 0.6 is 0 Å². The van der Waals surface area contributed by atoms with Gasteiger partial charge >= 0.3 is 0 Å². The van der Waals surface area contributed by atoms with Crippen LogP contribution in [0.4, 0.5) is 0 Å². The average Bonchev–Trinajstić information content (AvgIpc) is 2.82. The molecule has 0 aliphatic heterocycles. The summed E-state index contributed by atoms with van der Waals surface area (Å²) >= 11 is 0. The fourth-order valence-electron chi connectivity index (χ4n) is 4.62. The Bertz CT molecular complexity index is 996. The van der Waals surface area contributed by atoms with E-state index < -0.39 is 0 Å². The lowest BCUT2D eigenvalue weighted by Gasteiger charge is -2.26. The molecule has 0 fully saturated rings. The largest absolute Gasteiger partial charge is 0.493 e. The van der Waals surface area contributed by atoms with Crippen molar-refractivity contribution in [3.8, 4) is 16.9 Å². The molecule has 31 heavy (non-hydrogen) atoms. The van der Waals surface area contributed by atoms with Crippen LogP contribution in [0.3, 0.4) is 0 Å². The van der Waals surface area contributed by atoms with Crippen LogP contribution in [-0.2, 0) is 19.3 Å². The van der Waals surface area contributed by atoms with Gasteiger partial charge in [-0.3, -0.25) is 0 Å². The van der Waals surface area contributed by atoms with Crippen LogP contribution in [0.25, 0.3) is 11.1 Å². The summed E-state index contributed by atoms with van der Waals surface area (Å²) in [5, 5.41) is 0. The highest BCUT2D eigenvalue weighted by Gasteiger charge is 2.20. The minimum absolute atomic E-state index is 0.646. The Labute approximate surface area is 187 Å². The lowest BCUT2D eigenvalue weighted by Crippen LogP contribution is -2.13. The first-order valence-corrected chi connectivity index (χ1v) is 11.8. The molecule has 1 aliphatic carbocycles. The topological polar surface area (TPSA) is 9.23 Å². The van der Waals surface area contributed by atoms with E-state index in [2.05, 4.69) is 85.8 Å². The van der Waals surface area contributed by atoms with Crippen molar-refractivity contribution in [1.29, 1.82) is 0 Å². The van der Waals surface area contributed by atoms with E-state index >= 15 is 0 Å². The van der Waals surface area contributed by atoms with Crippen molar-refractivity contribution in [3.05, 3.63) is 101 Å². The second-order valence-electron chi connectivity index (χ2n) is 8.65. The van der Waals surface area contributed by atoms with Crippen LogP contribution in [0, 0.1) is 0 Å². The van der Waals surface area contributed by atoms with Gasteiger partial charge in [0.05, 0.1) is 6.61 Å². The van der Waals surface area contributed by atoms with Crippen LogP contribution < -0.4 is 4.74 Å². The highest BCUT2D eigenvalue weighted by molar-refractivity contribution is 5.66. The predicted octanol–water partition coefficient (Wildman–Crippen LogP) is 7.92. The second kappa shape index (κ2) is 10.5. The molecule has 1 aliphatic rings. The van der Waals surface area contributed by atoms with Gasteiger partial charge in [0.1, 0.15) is 5.75 Å². The molecule has 1 heteroatoms. The lowest BCUT2D eigenvalue weighted by molar-refractivity contribution is 0.325. The molecular formula is C30H34O. The minimum atomic E-state index is 0.646. The van der Waals surface area contributed by atoms with E-state index in [1.54, 1.807) is 0 Å². The molecule has 0 amide bonds. The first kappa shape index (κ1) is 21.4. The first-order chi connectivity index (χ1) is 15.3. The Balaban J connectivity index is 1.41. The molecule has 1 unspecified atom stereocenters. The number of hydrogen-bond acceptors (Lipinski definition) is 1. The maximum atomic E-state index is 5.81. The average molecular weight is 411 g/mol. The molecule has 0 N–H and O–H groups in total. The summed E-state index contributed by atoms with van der Waals surface area (Å²) < 4.78 is 5.81. The molecule has 0 heterocycles. The summed E-state index contributed by atoms with van der Waals surface area (Å²) in [5.41, 5.74) is 8.56. The third kappa shape index (κ3) is 5.47. The molecule has 4 rings (SSSR count). The zero-order chi connectivity index (χ0) is 21.5. The number of rotatable bonds is 8. The zero-order valence-electron chi connectivity index (χ0n) is 18.9. The van der Waals surface area contributed by atoms with Crippen molar-refractivity contribution in [2.24, 2.45) is 0 Å². The number of aryl methyl sites for hydroxylation is 2. The standard InChI is InChI=1S/C30H34O/c1-3-5-6-20-31-30-18-16-25(17-19-30)27-13-15-28-21-26(12-14-29(28)22-27)24-10-8-23(7-4-2)9-11-24/h3,5,8-11,13,15-19,22,26H,4,6-7,12,14,20-21H2,1-2H3/b5-3+. The van der Waals surface area contributed by atoms with Gasteiger partial charge in [-0.05, 0) is 90.5 Å². The van der Waals surface area contributed by atoms with Crippen LogP contribution in [0.5, 0.6) is 5.75 Å². The molecule has 160 valence electrons. The van der Waals surface area contributed by atoms with Gasteiger partial charge in [0.15, 0.2) is 0 Å². The van der Waals surface area contributed by atoms with Gasteiger partial charge in [-0.2, -0.15) is 0 Å². The summed E-state index contributed by atoms with van der Waals surface area (Å²) in [4.78, 5) is 0. The van der Waals surface area contributed by atoms with Crippen molar-refractivity contribution in [2.75, 3.05) is 6.61 Å². The maximum Gasteiger partial charge on any atom is 0.119 e. The van der Waals surface area contributed by atoms with E-state index in [0.717, 1.165) is 31.6 Å². The Kier molecular flexibility index (Phi) is 7.25. The molecule has 0 radical (unpaired) electrons. The number of ether oxygens (including phenoxy) is 1. The van der Waals surface area contributed by atoms with Gasteiger partial charge in [-0.25, -0.2) is 0 Å². The molecule has 0 aromatic heterocycles. The van der Waals surface area contributed by atoms with Gasteiger partial charge in [0.25, 0.3) is 0 Å². The van der Waals surface area contributed by atoms with Crippen LogP contribution in [0.1, 0.15) is 61.3 Å². The summed E-state index contributed by atoms with van der Waals surface area (Å²) in [6, 6.07) is 24.9. The normalized spacial score (nSPS) is 15.7. The van der Waals surface area contributed by atoms with Crippen molar-refractivity contribution in [3.63, 3.8) is 0 Å². The molecular weight excluding hydrogens is 376 g/mol. The quantitative estimate of drug-likeness (QED) is 0.271. The van der Waals surface area contributed by atoms with Crippen LogP contribution in [0.15, 0.2) is 78.9 Å². The van der Waals surface area contributed by atoms with Crippen molar-refractivity contribution < 1.29 is 4.74 Å². The smallest absolute Gasteiger partial charge is 0.119 e. The molecule has 0 bridgehead atoms. The Morgan fingerprint density at radius 2 is 1.68 bits per heavy atom. The molecule has 0 spiro atoms. The fourth-order valence-corrected chi connectivity index (χ4v) is 4.62. The van der Waals surface area contributed by atoms with Gasteiger partial charge in [0.2, 0.25) is 0 Å². The predicted molar refractivity (Wildman–Crippen MR) is 132 cm³/mol. The van der Waals surface area contributed by atoms with Gasteiger partial charge in [-0.15, -0.1) is 0 Å². The Hall–Kier alpha value is -2.80. The van der Waals surface area contributed by atoms with Crippen molar-refractivity contribution in [1.82, 2.24) is 0 Å². The van der Waals surface area contributed by atoms with Gasteiger partial charge in [-0.1, -0.05) is 80.1 Å². The molecule has 0 saturated heterocycles. The summed E-state index contributed by atoms with van der Waals surface area (Å²) in [5.74, 6) is 1.59. The molecule has 1 nitrogen and oxygen atoms in total. The zero-order valence-corrected chi connectivity index (χ0v) is 18.9. The minimum Gasteiger partial charge on any atom is -0.493 e. The van der Waals surface area contributed by atoms with Crippen LogP contribution in [-0.4, -0.2) is 6.61 Å². The summed E-state index contributed by atoms with van der Waals surface area (Å²) in [7, 11) is 0. The van der Waals surface area contributed by atoms with E-state index in [1.807, 2.05) is 6.92 Å². The number of hydrogen-bond donors (Lipinski definition) is 0. The molecule has 3 aromatic carbocycles. The molecule has 0 saturated carbocycles. The fraction of sp³-hybridized carbons (Fsp3) is 0.333. The van der Waals surface area contributed by atoms with E-state index in [1.165, 1.54) is 52.6 Å². The SMILES string of the molecule is C/C=C/CCOc1ccc(-c2ccc3c(c2)CCC(c2ccc(CCC)cc2)C3)cc1. The number of allylic oxidation sites excluding steroid dienone is 1. The number of benzene rings is 3. The second-order valence-corrected chi connectivity index (χ2v) is 8.65. The van der Waals surface area contributed by atoms with E-state index in [-0.39, 0.29) is 0 Å². The number of fused-ring (bicyclic) bond motifs is 1. The highest BCUT2D eigenvalue weighted by Crippen LogP contribution is 2.35. The van der Waals surface area contributed by atoms with Crippen molar-refractivity contribution >= 4 is 0 Å². The Morgan fingerprint density at radius 1 is 0.903 bits per heavy atom. The van der Waals surface area contributed by atoms with E-state index in [0.29, 0.717) is 5.92 Å². The van der Waals surface area contributed by atoms with Gasteiger partial charge in [0, 0.05) is 0 Å². The molecule has 3 aromatic rings. The molecule has 1 atom stereocenters. The lowest BCUT2D eigenvalue weighted by atomic mass is 9.79. The monoisotopic (exact) mass is 410 g/mol. The van der Waals surface area contributed by atoms with Crippen LogP contribution in [0.2, 0.25) is 0 Å². The van der Waals surface area contributed by atoms with Gasteiger partial charge < -0.3 is 4.74 Å². The first-order valence-electron chi connectivity index (χ1n) is 11.8. The Morgan fingerprint density at radius 3 is 2.42 bits per heavy atom. The third-order valence-corrected chi connectivity index (χ3v) is 6.40. The summed E-state index contributed by atoms with van der Waals surface area (Å²) in [6.07, 6.45) is 11.1.